The van der Waals surface area contributed by atoms with Gasteiger partial charge in [-0.1, -0.05) is 101 Å². The third kappa shape index (κ3) is 4.63. The smallest absolute Gasteiger partial charge is 0.0708 e. The molecule has 0 spiro atoms. The molecule has 0 bridgehead atoms. The zero-order valence-corrected chi connectivity index (χ0v) is 19.4. The topological polar surface area (TPSA) is 12.9 Å². The predicted molar refractivity (Wildman–Crippen MR) is 135 cm³/mol. The minimum absolute atomic E-state index is 0.138. The Morgan fingerprint density at radius 1 is 0.548 bits per heavy atom. The molecule has 31 heavy (non-hydrogen) atoms. The third-order valence-electron chi connectivity index (χ3n) is 7.28. The molecule has 1 aromatic heterocycles. The van der Waals surface area contributed by atoms with E-state index in [0.717, 1.165) is 17.0 Å². The monoisotopic (exact) mass is 427 g/mol. The molecule has 0 saturated heterocycles. The molecule has 0 atom stereocenters. The van der Waals surface area contributed by atoms with Crippen LogP contribution in [0.2, 0.25) is 0 Å². The van der Waals surface area contributed by atoms with Crippen molar-refractivity contribution < 1.29 is 0 Å². The Labute approximate surface area is 189 Å². The van der Waals surface area contributed by atoms with Gasteiger partial charge in [-0.2, -0.15) is 0 Å². The number of pyridine rings is 1. The molecule has 1 heterocycles. The van der Waals surface area contributed by atoms with Crippen LogP contribution in [0.4, 0.5) is 0 Å². The van der Waals surface area contributed by atoms with Gasteiger partial charge in [0.15, 0.2) is 0 Å². The molecule has 2 aromatic carbocycles. The number of rotatable bonds is 5. The fraction of sp³-hybridized carbons (Fsp3) is 0.414. The Morgan fingerprint density at radius 3 is 1.71 bits per heavy atom. The predicted octanol–water partition coefficient (Wildman–Crippen LogP) is 8.19. The van der Waals surface area contributed by atoms with Gasteiger partial charge in [0, 0.05) is 11.8 Å². The largest absolute Gasteiger partial charge is 0.256 e. The van der Waals surface area contributed by atoms with E-state index in [9.17, 15) is 0 Å². The lowest BCUT2D eigenvalue weighted by Gasteiger charge is -2.39. The van der Waals surface area contributed by atoms with Crippen molar-refractivity contribution in [3.63, 3.8) is 0 Å². The molecule has 2 aliphatic carbocycles. The normalized spacial score (nSPS) is 18.4. The number of aromatic nitrogens is 1. The maximum absolute atomic E-state index is 4.69. The van der Waals surface area contributed by atoms with Crippen LogP contribution in [0.15, 0.2) is 72.9 Å². The Bertz CT molecular complexity index is 953. The van der Waals surface area contributed by atoms with Gasteiger partial charge in [0.1, 0.15) is 0 Å². The lowest BCUT2D eigenvalue weighted by atomic mass is 9.97. The van der Waals surface area contributed by atoms with Gasteiger partial charge in [0.2, 0.25) is 0 Å². The van der Waals surface area contributed by atoms with Crippen LogP contribution in [0.25, 0.3) is 22.4 Å². The van der Waals surface area contributed by atoms with E-state index in [1.165, 1.54) is 80.9 Å². The van der Waals surface area contributed by atoms with Crippen LogP contribution in [0.5, 0.6) is 0 Å². The molecule has 0 amide bonds. The average Bonchev–Trinajstić information content (AvgIpc) is 2.86. The highest BCUT2D eigenvalue weighted by Gasteiger charge is 2.33. The molecule has 0 radical (unpaired) electrons. The van der Waals surface area contributed by atoms with Crippen LogP contribution in [0.1, 0.15) is 64.2 Å². The number of hydrogen-bond acceptors (Lipinski definition) is 1. The van der Waals surface area contributed by atoms with Crippen LogP contribution in [-0.2, 0) is 0 Å². The summed E-state index contributed by atoms with van der Waals surface area (Å²) in [5, 5.41) is 1.67. The van der Waals surface area contributed by atoms with Crippen molar-refractivity contribution in [1.29, 1.82) is 0 Å². The molecular weight excluding hydrogens is 393 g/mol. The molecule has 2 saturated carbocycles. The SMILES string of the molecule is c1ccc(-c2ccccc2-c2ccccc2P(C2CCCCC2)C2CCCCC2)nc1. The molecule has 5 rings (SSSR count). The Morgan fingerprint density at radius 2 is 1.10 bits per heavy atom. The first-order valence-electron chi connectivity index (χ1n) is 12.3. The van der Waals surface area contributed by atoms with Gasteiger partial charge >= 0.3 is 0 Å². The zero-order valence-electron chi connectivity index (χ0n) is 18.5. The number of benzene rings is 2. The van der Waals surface area contributed by atoms with Crippen LogP contribution >= 0.6 is 7.92 Å². The highest BCUT2D eigenvalue weighted by Crippen LogP contribution is 2.56. The van der Waals surface area contributed by atoms with E-state index in [2.05, 4.69) is 60.7 Å². The van der Waals surface area contributed by atoms with Gasteiger partial charge in [-0.25, -0.2) is 0 Å². The van der Waals surface area contributed by atoms with Crippen molar-refractivity contribution >= 4 is 13.2 Å². The minimum atomic E-state index is -0.138. The summed E-state index contributed by atoms with van der Waals surface area (Å²) in [4.78, 5) is 4.69. The molecule has 0 unspecified atom stereocenters. The van der Waals surface area contributed by atoms with Crippen LogP contribution in [0.3, 0.4) is 0 Å². The molecule has 160 valence electrons. The van der Waals surface area contributed by atoms with Crippen LogP contribution in [0, 0.1) is 0 Å². The van der Waals surface area contributed by atoms with Gasteiger partial charge in [-0.05, 0) is 65.6 Å². The molecule has 1 nitrogen and oxygen atoms in total. The summed E-state index contributed by atoms with van der Waals surface area (Å²) in [6.45, 7) is 0. The highest BCUT2D eigenvalue weighted by molar-refractivity contribution is 7.67. The standard InChI is InChI=1S/C29H34NP/c1-3-13-23(14-4-1)31(24-15-5-2-6-16-24)29-21-10-9-19-27(29)25-17-7-8-18-26(25)28-20-11-12-22-30-28/h7-12,17-24H,1-6,13-16H2. The maximum atomic E-state index is 4.69. The fourth-order valence-corrected chi connectivity index (χ4v) is 9.76. The molecule has 2 fully saturated rings. The Balaban J connectivity index is 1.61. The second-order valence-electron chi connectivity index (χ2n) is 9.27. The summed E-state index contributed by atoms with van der Waals surface area (Å²) < 4.78 is 0. The summed E-state index contributed by atoms with van der Waals surface area (Å²) in [7, 11) is -0.138. The first-order chi connectivity index (χ1) is 15.4. The Kier molecular flexibility index (Phi) is 6.80. The molecular formula is C29H34NP. The molecule has 3 aromatic rings. The maximum Gasteiger partial charge on any atom is 0.0708 e. The van der Waals surface area contributed by atoms with Crippen molar-refractivity contribution in [2.45, 2.75) is 75.5 Å². The summed E-state index contributed by atoms with van der Waals surface area (Å²) in [6, 6.07) is 24.6. The summed E-state index contributed by atoms with van der Waals surface area (Å²) in [5.41, 5.74) is 6.98. The van der Waals surface area contributed by atoms with Crippen molar-refractivity contribution in [2.75, 3.05) is 0 Å². The van der Waals surface area contributed by atoms with E-state index in [-0.39, 0.29) is 7.92 Å². The second kappa shape index (κ2) is 10.1. The van der Waals surface area contributed by atoms with Crippen molar-refractivity contribution in [3.8, 4) is 22.4 Å². The van der Waals surface area contributed by atoms with E-state index >= 15 is 0 Å². The summed E-state index contributed by atoms with van der Waals surface area (Å²) in [6.07, 6.45) is 16.3. The average molecular weight is 428 g/mol. The quantitative estimate of drug-likeness (QED) is 0.374. The van der Waals surface area contributed by atoms with Crippen LogP contribution in [-0.4, -0.2) is 16.3 Å². The van der Waals surface area contributed by atoms with Gasteiger partial charge in [0.05, 0.1) is 5.69 Å². The zero-order chi connectivity index (χ0) is 20.9. The lowest BCUT2D eigenvalue weighted by molar-refractivity contribution is 0.487. The first kappa shape index (κ1) is 20.9. The summed E-state index contributed by atoms with van der Waals surface area (Å²) >= 11 is 0. The van der Waals surface area contributed by atoms with Gasteiger partial charge in [-0.3, -0.25) is 4.98 Å². The fourth-order valence-electron chi connectivity index (χ4n) is 5.80. The summed E-state index contributed by atoms with van der Waals surface area (Å²) in [5.74, 6) is 0. The molecule has 2 aliphatic rings. The van der Waals surface area contributed by atoms with Crippen molar-refractivity contribution in [1.82, 2.24) is 4.98 Å². The van der Waals surface area contributed by atoms with Gasteiger partial charge in [-0.15, -0.1) is 0 Å². The minimum Gasteiger partial charge on any atom is -0.256 e. The van der Waals surface area contributed by atoms with Crippen molar-refractivity contribution in [3.05, 3.63) is 72.9 Å². The Hall–Kier alpha value is -1.98. The van der Waals surface area contributed by atoms with E-state index in [1.54, 1.807) is 5.30 Å². The molecule has 0 N–H and O–H groups in total. The van der Waals surface area contributed by atoms with E-state index in [1.807, 2.05) is 12.3 Å². The van der Waals surface area contributed by atoms with Gasteiger partial charge < -0.3 is 0 Å². The van der Waals surface area contributed by atoms with E-state index < -0.39 is 0 Å². The van der Waals surface area contributed by atoms with E-state index in [4.69, 9.17) is 4.98 Å². The van der Waals surface area contributed by atoms with Gasteiger partial charge in [0.25, 0.3) is 0 Å². The highest BCUT2D eigenvalue weighted by atomic mass is 31.1. The van der Waals surface area contributed by atoms with E-state index in [0.29, 0.717) is 0 Å². The van der Waals surface area contributed by atoms with Crippen molar-refractivity contribution in [2.24, 2.45) is 0 Å². The first-order valence-corrected chi connectivity index (χ1v) is 13.8. The second-order valence-corrected chi connectivity index (χ2v) is 12.0. The van der Waals surface area contributed by atoms with Crippen LogP contribution < -0.4 is 5.30 Å². The molecule has 2 heteroatoms. The molecule has 0 aliphatic heterocycles. The lowest BCUT2D eigenvalue weighted by Crippen LogP contribution is -2.27. The third-order valence-corrected chi connectivity index (χ3v) is 10.8. The number of nitrogens with zero attached hydrogens (tertiary/aromatic N) is 1. The number of hydrogen-bond donors (Lipinski definition) is 0.